The Labute approximate surface area is 408 Å². The van der Waals surface area contributed by atoms with Gasteiger partial charge in [0.2, 0.25) is 0 Å². The molecular weight excluding hydrogens is 869 g/mol. The van der Waals surface area contributed by atoms with Crippen molar-refractivity contribution in [1.29, 1.82) is 0 Å². The molecule has 0 saturated heterocycles. The molecule has 0 unspecified atom stereocenters. The Bertz CT molecular complexity index is 3950. The van der Waals surface area contributed by atoms with E-state index in [0.29, 0.717) is 0 Å². The third kappa shape index (κ3) is 7.05. The predicted molar refractivity (Wildman–Crippen MR) is 297 cm³/mol. The lowest BCUT2D eigenvalue weighted by Gasteiger charge is -2.29. The summed E-state index contributed by atoms with van der Waals surface area (Å²) in [6.45, 7) is 7.18. The van der Waals surface area contributed by atoms with E-state index in [4.69, 9.17) is 9.15 Å². The third-order valence-corrected chi connectivity index (χ3v) is 16.1. The summed E-state index contributed by atoms with van der Waals surface area (Å²) in [5.41, 5.74) is 14.9. The summed E-state index contributed by atoms with van der Waals surface area (Å²) < 4.78 is 13.6. The average Bonchev–Trinajstić information content (AvgIpc) is 3.79. The molecule has 0 spiro atoms. The van der Waals surface area contributed by atoms with Crippen LogP contribution in [0.15, 0.2) is 241 Å². The van der Waals surface area contributed by atoms with Gasteiger partial charge >= 0.3 is 0 Å². The maximum Gasteiger partial charge on any atom is 0.159 e. The van der Waals surface area contributed by atoms with Crippen molar-refractivity contribution in [2.45, 2.75) is 19.6 Å². The molecule has 0 saturated carbocycles. The van der Waals surface area contributed by atoms with Crippen molar-refractivity contribution in [1.82, 2.24) is 0 Å². The number of hydrogen-bond acceptors (Lipinski definition) is 4. The molecule has 0 fully saturated rings. The van der Waals surface area contributed by atoms with Crippen molar-refractivity contribution in [2.24, 2.45) is 0 Å². The van der Waals surface area contributed by atoms with Crippen LogP contribution in [0, 0.1) is 0 Å². The zero-order valence-corrected chi connectivity index (χ0v) is 40.2. The molecule has 5 heteroatoms. The Hall–Kier alpha value is -8.64. The van der Waals surface area contributed by atoms with Gasteiger partial charge in [-0.2, -0.15) is 0 Å². The number of hydrogen-bond donors (Lipinski definition) is 0. The van der Waals surface area contributed by atoms with E-state index in [9.17, 15) is 0 Å². The summed E-state index contributed by atoms with van der Waals surface area (Å²) >= 11 is 0. The summed E-state index contributed by atoms with van der Waals surface area (Å²) in [6.07, 6.45) is 0. The maximum atomic E-state index is 6.90. The molecule has 1 aliphatic heterocycles. The number of furan rings is 1. The van der Waals surface area contributed by atoms with Gasteiger partial charge < -0.3 is 19.0 Å². The van der Waals surface area contributed by atoms with Crippen LogP contribution in [0.5, 0.6) is 11.5 Å². The van der Waals surface area contributed by atoms with Crippen molar-refractivity contribution < 1.29 is 9.15 Å². The Morgan fingerprint density at radius 1 is 0.357 bits per heavy atom. The topological polar surface area (TPSA) is 28.9 Å². The van der Waals surface area contributed by atoms with Crippen LogP contribution in [-0.4, -0.2) is 8.07 Å². The highest BCUT2D eigenvalue weighted by Gasteiger charge is 2.26. The van der Waals surface area contributed by atoms with Gasteiger partial charge in [-0.25, -0.2) is 0 Å². The van der Waals surface area contributed by atoms with Crippen molar-refractivity contribution in [3.63, 3.8) is 0 Å². The molecule has 0 bridgehead atoms. The summed E-state index contributed by atoms with van der Waals surface area (Å²) in [5, 5.41) is 8.33. The molecule has 0 amide bonds. The van der Waals surface area contributed by atoms with Crippen LogP contribution in [0.25, 0.3) is 76.9 Å². The fourth-order valence-electron chi connectivity index (χ4n) is 10.5. The van der Waals surface area contributed by atoms with E-state index >= 15 is 0 Å². The smallest absolute Gasteiger partial charge is 0.159 e. The van der Waals surface area contributed by atoms with Crippen molar-refractivity contribution >= 4 is 90.9 Å². The first-order valence-corrected chi connectivity index (χ1v) is 27.6. The zero-order valence-electron chi connectivity index (χ0n) is 39.2. The average molecular weight is 917 g/mol. The molecule has 11 aromatic carbocycles. The summed E-state index contributed by atoms with van der Waals surface area (Å²) in [4.78, 5) is 4.67. The molecule has 4 nitrogen and oxygen atoms in total. The molecule has 0 aliphatic carbocycles. The Morgan fingerprint density at radius 3 is 1.80 bits per heavy atom. The van der Waals surface area contributed by atoms with E-state index in [1.165, 1.54) is 26.9 Å². The molecule has 13 rings (SSSR count). The fourth-order valence-corrected chi connectivity index (χ4v) is 11.7. The molecule has 0 radical (unpaired) electrons. The van der Waals surface area contributed by atoms with Crippen LogP contribution < -0.4 is 19.7 Å². The lowest BCUT2D eigenvalue weighted by Crippen LogP contribution is -2.37. The molecular formula is C65H48N2O2Si. The number of para-hydroxylation sites is 4. The minimum Gasteiger partial charge on any atom is -0.456 e. The van der Waals surface area contributed by atoms with Crippen molar-refractivity contribution in [3.8, 4) is 44.9 Å². The standard InChI is InChI=1S/C65H48N2O2Si/c1-70(2,3)51-37-34-48(35-38-51)66(47-18-8-5-9-19-47)50-36-39-54-58-41-46-29-28-45(40-57(46)55-22-15-27-62(64(55)58)68-63(54)42-50)43-30-32-49(33-31-43)67(59-24-12-10-20-52(59)44-16-6-4-7-17-44)60-25-14-23-56-53-21-11-13-26-61(53)69-65(56)60/h4-42H,1-3H3. The van der Waals surface area contributed by atoms with E-state index in [0.717, 1.165) is 101 Å². The Balaban J connectivity index is 0.887. The van der Waals surface area contributed by atoms with Crippen molar-refractivity contribution in [3.05, 3.63) is 237 Å². The molecule has 1 aromatic heterocycles. The Kier molecular flexibility index (Phi) is 9.82. The first-order chi connectivity index (χ1) is 34.3. The second-order valence-corrected chi connectivity index (χ2v) is 24.4. The first kappa shape index (κ1) is 41.5. The second kappa shape index (κ2) is 16.5. The van der Waals surface area contributed by atoms with E-state index < -0.39 is 8.07 Å². The number of rotatable bonds is 9. The molecule has 2 heterocycles. The lowest BCUT2D eigenvalue weighted by atomic mass is 9.89. The van der Waals surface area contributed by atoms with Gasteiger partial charge in [-0.1, -0.05) is 170 Å². The molecule has 334 valence electrons. The van der Waals surface area contributed by atoms with Crippen LogP contribution >= 0.6 is 0 Å². The number of nitrogens with zero attached hydrogens (tertiary/aromatic N) is 2. The largest absolute Gasteiger partial charge is 0.456 e. The summed E-state index contributed by atoms with van der Waals surface area (Å²) in [7, 11) is -1.46. The van der Waals surface area contributed by atoms with Gasteiger partial charge in [-0.3, -0.25) is 0 Å². The quantitative estimate of drug-likeness (QED) is 0.107. The van der Waals surface area contributed by atoms with Gasteiger partial charge in [0.15, 0.2) is 5.58 Å². The molecule has 70 heavy (non-hydrogen) atoms. The monoisotopic (exact) mass is 916 g/mol. The van der Waals surface area contributed by atoms with Crippen molar-refractivity contribution in [2.75, 3.05) is 9.80 Å². The second-order valence-electron chi connectivity index (χ2n) is 19.3. The van der Waals surface area contributed by atoms with Gasteiger partial charge in [0.1, 0.15) is 17.1 Å². The van der Waals surface area contributed by atoms with Crippen LogP contribution in [0.4, 0.5) is 34.1 Å². The van der Waals surface area contributed by atoms with Crippen LogP contribution in [-0.2, 0) is 0 Å². The van der Waals surface area contributed by atoms with E-state index in [2.05, 4.69) is 254 Å². The van der Waals surface area contributed by atoms with E-state index in [1.807, 2.05) is 12.1 Å². The molecule has 0 atom stereocenters. The van der Waals surface area contributed by atoms with Gasteiger partial charge in [0.25, 0.3) is 0 Å². The number of ether oxygens (including phenoxy) is 1. The van der Waals surface area contributed by atoms with Gasteiger partial charge in [0.05, 0.1) is 19.4 Å². The summed E-state index contributed by atoms with van der Waals surface area (Å²) in [5.74, 6) is 1.72. The minimum absolute atomic E-state index is 0.852. The van der Waals surface area contributed by atoms with Gasteiger partial charge in [0, 0.05) is 56.1 Å². The van der Waals surface area contributed by atoms with Crippen LogP contribution in [0.1, 0.15) is 0 Å². The van der Waals surface area contributed by atoms with E-state index in [-0.39, 0.29) is 0 Å². The minimum atomic E-state index is -1.46. The number of fused-ring (bicyclic) bond motifs is 7. The highest BCUT2D eigenvalue weighted by molar-refractivity contribution is 6.88. The fraction of sp³-hybridized carbons (Fsp3) is 0.0462. The SMILES string of the molecule is C[Si](C)(C)c1ccc(N(c2ccccc2)c2ccc3c(c2)Oc2cccc4c2c-3cc2ccc(-c3ccc(N(c5ccccc5-c5ccccc5)c5cccc6c5oc5ccccc56)cc3)cc24)cc1. The zero-order chi connectivity index (χ0) is 46.9. The number of benzene rings is 11. The molecule has 0 N–H and O–H groups in total. The molecule has 12 aromatic rings. The van der Waals surface area contributed by atoms with Crippen LogP contribution in [0.3, 0.4) is 0 Å². The maximum absolute atomic E-state index is 6.90. The van der Waals surface area contributed by atoms with Gasteiger partial charge in [-0.05, 0) is 123 Å². The molecule has 1 aliphatic rings. The van der Waals surface area contributed by atoms with Gasteiger partial charge in [-0.15, -0.1) is 0 Å². The van der Waals surface area contributed by atoms with Crippen LogP contribution in [0.2, 0.25) is 19.6 Å². The third-order valence-electron chi connectivity index (χ3n) is 14.0. The van der Waals surface area contributed by atoms with E-state index in [1.54, 1.807) is 0 Å². The first-order valence-electron chi connectivity index (χ1n) is 24.1. The lowest BCUT2D eigenvalue weighted by molar-refractivity contribution is 0.487. The highest BCUT2D eigenvalue weighted by atomic mass is 28.3. The highest BCUT2D eigenvalue weighted by Crippen LogP contribution is 2.51. The summed E-state index contributed by atoms with van der Waals surface area (Å²) in [6, 6.07) is 85.1. The normalized spacial score (nSPS) is 12.0. The number of anilines is 6. The predicted octanol–water partition coefficient (Wildman–Crippen LogP) is 18.5. The Morgan fingerprint density at radius 2 is 0.986 bits per heavy atom.